The standard InChI is InChI=1S/C13H13BrN2O/c1-2-5-16(9-10-3-4-10)13(17)11-6-12(14)8-15-7-11/h1,6-8,10H,3-5,9H2. The van der Waals surface area contributed by atoms with Crippen LogP contribution < -0.4 is 0 Å². The van der Waals surface area contributed by atoms with Crippen molar-refractivity contribution in [2.45, 2.75) is 12.8 Å². The third-order valence-corrected chi connectivity index (χ3v) is 3.13. The Labute approximate surface area is 109 Å². The average Bonchev–Trinajstić information content (AvgIpc) is 3.11. The van der Waals surface area contributed by atoms with E-state index in [2.05, 4.69) is 26.8 Å². The second-order valence-electron chi connectivity index (χ2n) is 4.23. The molecule has 1 aliphatic rings. The molecule has 1 saturated carbocycles. The van der Waals surface area contributed by atoms with Gasteiger partial charge in [-0.05, 0) is 40.8 Å². The van der Waals surface area contributed by atoms with Gasteiger partial charge in [0.15, 0.2) is 0 Å². The van der Waals surface area contributed by atoms with Crippen LogP contribution in [0.4, 0.5) is 0 Å². The summed E-state index contributed by atoms with van der Waals surface area (Å²) < 4.78 is 0.801. The number of hydrogen-bond donors (Lipinski definition) is 0. The van der Waals surface area contributed by atoms with E-state index in [0.29, 0.717) is 18.0 Å². The third kappa shape index (κ3) is 3.31. The second kappa shape index (κ2) is 5.33. The van der Waals surface area contributed by atoms with Gasteiger partial charge < -0.3 is 4.90 Å². The molecule has 0 saturated heterocycles. The Balaban J connectivity index is 2.12. The van der Waals surface area contributed by atoms with Crippen molar-refractivity contribution in [2.24, 2.45) is 5.92 Å². The zero-order valence-corrected chi connectivity index (χ0v) is 11.0. The van der Waals surface area contributed by atoms with Gasteiger partial charge in [0.2, 0.25) is 0 Å². The molecule has 1 fully saturated rings. The maximum absolute atomic E-state index is 12.2. The molecule has 1 aromatic heterocycles. The monoisotopic (exact) mass is 292 g/mol. The van der Waals surface area contributed by atoms with Crippen molar-refractivity contribution in [2.75, 3.05) is 13.1 Å². The first kappa shape index (κ1) is 12.1. The molecule has 0 unspecified atom stereocenters. The molecule has 0 radical (unpaired) electrons. The predicted molar refractivity (Wildman–Crippen MR) is 69.4 cm³/mol. The Morgan fingerprint density at radius 3 is 2.94 bits per heavy atom. The molecule has 88 valence electrons. The van der Waals surface area contributed by atoms with Crippen molar-refractivity contribution in [3.63, 3.8) is 0 Å². The first-order valence-corrected chi connectivity index (χ1v) is 6.33. The molecule has 17 heavy (non-hydrogen) atoms. The minimum atomic E-state index is -0.0383. The van der Waals surface area contributed by atoms with Crippen LogP contribution in [-0.4, -0.2) is 28.9 Å². The van der Waals surface area contributed by atoms with Gasteiger partial charge in [-0.1, -0.05) is 5.92 Å². The van der Waals surface area contributed by atoms with Gasteiger partial charge in [0.1, 0.15) is 0 Å². The number of carbonyl (C=O) groups is 1. The second-order valence-corrected chi connectivity index (χ2v) is 5.14. The molecule has 0 atom stereocenters. The average molecular weight is 293 g/mol. The molecule has 1 aromatic rings. The third-order valence-electron chi connectivity index (χ3n) is 2.70. The molecule has 1 heterocycles. The fourth-order valence-electron chi connectivity index (χ4n) is 1.65. The number of rotatable bonds is 4. The zero-order chi connectivity index (χ0) is 12.3. The van der Waals surface area contributed by atoms with Crippen LogP contribution in [0.5, 0.6) is 0 Å². The SMILES string of the molecule is C#CCN(CC1CC1)C(=O)c1cncc(Br)c1. The number of amides is 1. The fraction of sp³-hybridized carbons (Fsp3) is 0.385. The molecule has 0 spiro atoms. The van der Waals surface area contributed by atoms with Crippen molar-refractivity contribution in [1.82, 2.24) is 9.88 Å². The summed E-state index contributed by atoms with van der Waals surface area (Å²) in [6.45, 7) is 1.12. The molecule has 2 rings (SSSR count). The number of hydrogen-bond acceptors (Lipinski definition) is 2. The van der Waals surface area contributed by atoms with E-state index in [4.69, 9.17) is 6.42 Å². The lowest BCUT2D eigenvalue weighted by Crippen LogP contribution is -2.33. The van der Waals surface area contributed by atoms with Gasteiger partial charge in [-0.15, -0.1) is 6.42 Å². The van der Waals surface area contributed by atoms with Crippen LogP contribution in [0.2, 0.25) is 0 Å². The van der Waals surface area contributed by atoms with E-state index >= 15 is 0 Å². The summed E-state index contributed by atoms with van der Waals surface area (Å²) in [5.41, 5.74) is 0.579. The van der Waals surface area contributed by atoms with Gasteiger partial charge in [0.05, 0.1) is 12.1 Å². The summed E-state index contributed by atoms with van der Waals surface area (Å²) in [6.07, 6.45) is 10.9. The molecule has 1 aliphatic carbocycles. The Morgan fingerprint density at radius 1 is 1.59 bits per heavy atom. The van der Waals surface area contributed by atoms with Gasteiger partial charge in [0.25, 0.3) is 5.91 Å². The highest BCUT2D eigenvalue weighted by Crippen LogP contribution is 2.30. The van der Waals surface area contributed by atoms with Crippen LogP contribution in [0.1, 0.15) is 23.2 Å². The molecule has 0 N–H and O–H groups in total. The highest BCUT2D eigenvalue weighted by atomic mass is 79.9. The van der Waals surface area contributed by atoms with E-state index in [1.54, 1.807) is 23.4 Å². The Morgan fingerprint density at radius 2 is 2.35 bits per heavy atom. The normalized spacial score (nSPS) is 14.1. The van der Waals surface area contributed by atoms with E-state index in [1.165, 1.54) is 12.8 Å². The van der Waals surface area contributed by atoms with Crippen molar-refractivity contribution < 1.29 is 4.79 Å². The van der Waals surface area contributed by atoms with Gasteiger partial charge in [-0.2, -0.15) is 0 Å². The first-order chi connectivity index (χ1) is 8.20. The van der Waals surface area contributed by atoms with Gasteiger partial charge >= 0.3 is 0 Å². The van der Waals surface area contributed by atoms with Gasteiger partial charge in [-0.25, -0.2) is 0 Å². The summed E-state index contributed by atoms with van der Waals surface area (Å²) in [6, 6.07) is 1.77. The fourth-order valence-corrected chi connectivity index (χ4v) is 2.02. The van der Waals surface area contributed by atoms with E-state index in [0.717, 1.165) is 11.0 Å². The summed E-state index contributed by atoms with van der Waals surface area (Å²) >= 11 is 3.31. The summed E-state index contributed by atoms with van der Waals surface area (Å²) in [5, 5.41) is 0. The van der Waals surface area contributed by atoms with Crippen molar-refractivity contribution in [1.29, 1.82) is 0 Å². The van der Waals surface area contributed by atoms with Crippen LogP contribution in [0.25, 0.3) is 0 Å². The van der Waals surface area contributed by atoms with E-state index in [9.17, 15) is 4.79 Å². The number of terminal acetylenes is 1. The van der Waals surface area contributed by atoms with Crippen molar-refractivity contribution >= 4 is 21.8 Å². The highest BCUT2D eigenvalue weighted by Gasteiger charge is 2.26. The van der Waals surface area contributed by atoms with E-state index < -0.39 is 0 Å². The number of nitrogens with zero attached hydrogens (tertiary/aromatic N) is 2. The summed E-state index contributed by atoms with van der Waals surface area (Å²) in [7, 11) is 0. The van der Waals surface area contributed by atoms with E-state index in [1.807, 2.05) is 0 Å². The first-order valence-electron chi connectivity index (χ1n) is 5.54. The minimum Gasteiger partial charge on any atom is -0.327 e. The highest BCUT2D eigenvalue weighted by molar-refractivity contribution is 9.10. The van der Waals surface area contributed by atoms with Crippen molar-refractivity contribution in [3.8, 4) is 12.3 Å². The molecular weight excluding hydrogens is 280 g/mol. The molecule has 1 amide bonds. The van der Waals surface area contributed by atoms with Crippen molar-refractivity contribution in [3.05, 3.63) is 28.5 Å². The quantitative estimate of drug-likeness (QED) is 0.798. The summed E-state index contributed by atoms with van der Waals surface area (Å²) in [4.78, 5) is 17.9. The predicted octanol–water partition coefficient (Wildman–Crippen LogP) is 2.33. The zero-order valence-electron chi connectivity index (χ0n) is 9.40. The molecule has 4 heteroatoms. The number of pyridine rings is 1. The van der Waals surface area contributed by atoms with Crippen LogP contribution >= 0.6 is 15.9 Å². The number of halogens is 1. The maximum atomic E-state index is 12.2. The van der Waals surface area contributed by atoms with Crippen LogP contribution in [0.3, 0.4) is 0 Å². The lowest BCUT2D eigenvalue weighted by molar-refractivity contribution is 0.0769. The topological polar surface area (TPSA) is 33.2 Å². The van der Waals surface area contributed by atoms with Gasteiger partial charge in [-0.3, -0.25) is 9.78 Å². The number of carbonyl (C=O) groups excluding carboxylic acids is 1. The Hall–Kier alpha value is -1.34. The van der Waals surface area contributed by atoms with Crippen LogP contribution in [0.15, 0.2) is 22.9 Å². The molecule has 0 bridgehead atoms. The van der Waals surface area contributed by atoms with E-state index in [-0.39, 0.29) is 5.91 Å². The Bertz CT molecular complexity index is 463. The molecule has 3 nitrogen and oxygen atoms in total. The summed E-state index contributed by atoms with van der Waals surface area (Å²) in [5.74, 6) is 3.13. The lowest BCUT2D eigenvalue weighted by atomic mass is 10.2. The molecule has 0 aromatic carbocycles. The largest absolute Gasteiger partial charge is 0.327 e. The molecule has 0 aliphatic heterocycles. The molecular formula is C13H13BrN2O. The number of aromatic nitrogens is 1. The maximum Gasteiger partial charge on any atom is 0.256 e. The van der Waals surface area contributed by atoms with Crippen LogP contribution in [0, 0.1) is 18.3 Å². The smallest absolute Gasteiger partial charge is 0.256 e. The van der Waals surface area contributed by atoms with Crippen LogP contribution in [-0.2, 0) is 0 Å². The lowest BCUT2D eigenvalue weighted by Gasteiger charge is -2.19. The minimum absolute atomic E-state index is 0.0383. The Kier molecular flexibility index (Phi) is 3.80. The van der Waals surface area contributed by atoms with Gasteiger partial charge in [0, 0.05) is 23.4 Å².